The first-order chi connectivity index (χ1) is 19.9. The molecule has 0 aliphatic carbocycles. The maximum absolute atomic E-state index is 13.4. The van der Waals surface area contributed by atoms with E-state index in [1.807, 2.05) is 37.3 Å². The molecule has 2 amide bonds. The van der Waals surface area contributed by atoms with Crippen LogP contribution < -0.4 is 10.1 Å². The second kappa shape index (κ2) is 12.9. The van der Waals surface area contributed by atoms with Crippen LogP contribution in [0.2, 0.25) is 0 Å². The Bertz CT molecular complexity index is 1610. The molecular weight excluding hydrogens is 543 g/mol. The number of anilines is 1. The molecule has 1 fully saturated rings. The summed E-state index contributed by atoms with van der Waals surface area (Å²) < 4.78 is 24.5. The van der Waals surface area contributed by atoms with E-state index in [-0.39, 0.29) is 30.8 Å². The van der Waals surface area contributed by atoms with Gasteiger partial charge in [0.05, 0.1) is 23.9 Å². The average Bonchev–Trinajstić information content (AvgIpc) is 3.59. The van der Waals surface area contributed by atoms with Crippen molar-refractivity contribution in [2.24, 2.45) is 10.2 Å². The summed E-state index contributed by atoms with van der Waals surface area (Å²) in [5.41, 5.74) is 3.06. The molecule has 10 heteroatoms. The Morgan fingerprint density at radius 3 is 2.59 bits per heavy atom. The minimum atomic E-state index is -0.346. The van der Waals surface area contributed by atoms with Crippen molar-refractivity contribution in [3.05, 3.63) is 124 Å². The summed E-state index contributed by atoms with van der Waals surface area (Å²) in [4.78, 5) is 27.8. The van der Waals surface area contributed by atoms with Gasteiger partial charge in [0.1, 0.15) is 17.3 Å². The zero-order chi connectivity index (χ0) is 28.6. The van der Waals surface area contributed by atoms with Crippen LogP contribution in [0, 0.1) is 12.7 Å². The third-order valence-corrected chi connectivity index (χ3v) is 6.90. The number of nitrogens with zero attached hydrogens (tertiary/aromatic N) is 3. The second-order valence-electron chi connectivity index (χ2n) is 9.00. The van der Waals surface area contributed by atoms with Crippen molar-refractivity contribution in [3.8, 4) is 5.75 Å². The summed E-state index contributed by atoms with van der Waals surface area (Å²) in [6, 6.07) is 23.9. The van der Waals surface area contributed by atoms with Crippen molar-refractivity contribution in [1.82, 2.24) is 4.90 Å². The van der Waals surface area contributed by atoms with Gasteiger partial charge in [-0.3, -0.25) is 14.5 Å². The van der Waals surface area contributed by atoms with Gasteiger partial charge in [-0.2, -0.15) is 5.10 Å². The average molecular weight is 569 g/mol. The van der Waals surface area contributed by atoms with Crippen LogP contribution in [-0.2, 0) is 16.1 Å². The highest BCUT2D eigenvalue weighted by atomic mass is 32.2. The third kappa shape index (κ3) is 7.37. The van der Waals surface area contributed by atoms with Crippen LogP contribution in [0.15, 0.2) is 111 Å². The van der Waals surface area contributed by atoms with Gasteiger partial charge in [0, 0.05) is 11.3 Å². The van der Waals surface area contributed by atoms with E-state index >= 15 is 0 Å². The summed E-state index contributed by atoms with van der Waals surface area (Å²) in [6.07, 6.45) is 4.71. The number of hydrogen-bond acceptors (Lipinski definition) is 7. The van der Waals surface area contributed by atoms with Crippen LogP contribution in [0.3, 0.4) is 0 Å². The Morgan fingerprint density at radius 1 is 1.05 bits per heavy atom. The summed E-state index contributed by atoms with van der Waals surface area (Å²) in [7, 11) is 0. The van der Waals surface area contributed by atoms with Crippen molar-refractivity contribution >= 4 is 46.7 Å². The van der Waals surface area contributed by atoms with Crippen molar-refractivity contribution in [1.29, 1.82) is 0 Å². The van der Waals surface area contributed by atoms with E-state index in [2.05, 4.69) is 15.5 Å². The molecule has 1 aliphatic heterocycles. The normalized spacial score (nSPS) is 15.3. The van der Waals surface area contributed by atoms with E-state index in [0.29, 0.717) is 38.4 Å². The predicted octanol–water partition coefficient (Wildman–Crippen LogP) is 6.25. The van der Waals surface area contributed by atoms with Crippen LogP contribution in [-0.4, -0.2) is 34.7 Å². The monoisotopic (exact) mass is 568 g/mol. The first-order valence-electron chi connectivity index (χ1n) is 12.6. The highest BCUT2D eigenvalue weighted by molar-refractivity contribution is 8.18. The molecule has 0 bridgehead atoms. The molecule has 2 heterocycles. The molecule has 0 saturated carbocycles. The van der Waals surface area contributed by atoms with Crippen molar-refractivity contribution in [2.45, 2.75) is 13.5 Å². The Kier molecular flexibility index (Phi) is 8.70. The van der Waals surface area contributed by atoms with E-state index in [1.165, 1.54) is 29.5 Å². The molecule has 1 aromatic heterocycles. The molecule has 1 aliphatic rings. The van der Waals surface area contributed by atoms with Gasteiger partial charge in [-0.05, 0) is 72.8 Å². The lowest BCUT2D eigenvalue weighted by Crippen LogP contribution is -2.28. The van der Waals surface area contributed by atoms with E-state index in [0.717, 1.165) is 17.3 Å². The lowest BCUT2D eigenvalue weighted by atomic mass is 10.2. The number of amides is 2. The number of benzene rings is 3. The Morgan fingerprint density at radius 2 is 1.83 bits per heavy atom. The molecule has 0 radical (unpaired) electrons. The number of aryl methyl sites for hydroxylation is 1. The highest BCUT2D eigenvalue weighted by Crippen LogP contribution is 2.35. The summed E-state index contributed by atoms with van der Waals surface area (Å²) in [5, 5.41) is 11.5. The summed E-state index contributed by atoms with van der Waals surface area (Å²) >= 11 is 1.15. The number of ether oxygens (including phenoxy) is 1. The van der Waals surface area contributed by atoms with Gasteiger partial charge in [-0.15, -0.1) is 5.10 Å². The molecular formula is C31H25FN4O4S. The first-order valence-corrected chi connectivity index (χ1v) is 13.4. The standard InChI is InChI=1S/C31H25FN4O4S/c1-21-8-14-25(15-9-21)34-29(37)20-40-27-7-3-2-5-23(27)17-28-30(38)36(19-26-6-4-16-39-26)31(41-28)35-33-18-22-10-12-24(32)13-11-22/h2-18H,19-20H2,1H3,(H,34,37)/b28-17-,33-18+,35-31-. The number of rotatable bonds is 9. The van der Waals surface area contributed by atoms with Crippen LogP contribution in [0.4, 0.5) is 10.1 Å². The van der Waals surface area contributed by atoms with E-state index in [1.54, 1.807) is 48.5 Å². The van der Waals surface area contributed by atoms with Gasteiger partial charge in [0.2, 0.25) is 0 Å². The Labute approximate surface area is 240 Å². The quantitative estimate of drug-likeness (QED) is 0.146. The zero-order valence-electron chi connectivity index (χ0n) is 22.0. The topological polar surface area (TPSA) is 96.5 Å². The maximum atomic E-state index is 13.4. The minimum absolute atomic E-state index is 0.165. The Balaban J connectivity index is 1.33. The fourth-order valence-corrected chi connectivity index (χ4v) is 4.75. The zero-order valence-corrected chi connectivity index (χ0v) is 22.8. The maximum Gasteiger partial charge on any atom is 0.267 e. The number of carbonyl (C=O) groups is 2. The molecule has 1 N–H and O–H groups in total. The fourth-order valence-electron chi connectivity index (χ4n) is 3.82. The largest absolute Gasteiger partial charge is 0.483 e. The van der Waals surface area contributed by atoms with Crippen molar-refractivity contribution < 1.29 is 23.1 Å². The highest BCUT2D eigenvalue weighted by Gasteiger charge is 2.34. The molecule has 0 atom stereocenters. The first kappa shape index (κ1) is 27.6. The Hall–Kier alpha value is -4.96. The van der Waals surface area contributed by atoms with Crippen molar-refractivity contribution in [2.75, 3.05) is 11.9 Å². The number of carbonyl (C=O) groups excluding carboxylic acids is 2. The van der Waals surface area contributed by atoms with Gasteiger partial charge in [-0.25, -0.2) is 4.39 Å². The molecule has 1 saturated heterocycles. The number of furan rings is 1. The molecule has 8 nitrogen and oxygen atoms in total. The molecule has 3 aromatic carbocycles. The number of para-hydroxylation sites is 1. The second-order valence-corrected chi connectivity index (χ2v) is 10.0. The molecule has 5 rings (SSSR count). The molecule has 0 spiro atoms. The number of hydrogen-bond donors (Lipinski definition) is 1. The lowest BCUT2D eigenvalue weighted by Gasteiger charge is -2.12. The number of thioether (sulfide) groups is 1. The van der Waals surface area contributed by atoms with Crippen LogP contribution in [0.25, 0.3) is 6.08 Å². The molecule has 0 unspecified atom stereocenters. The van der Waals surface area contributed by atoms with E-state index < -0.39 is 0 Å². The van der Waals surface area contributed by atoms with Gasteiger partial charge in [0.15, 0.2) is 11.8 Å². The minimum Gasteiger partial charge on any atom is -0.483 e. The van der Waals surface area contributed by atoms with Gasteiger partial charge in [0.25, 0.3) is 11.8 Å². The molecule has 41 heavy (non-hydrogen) atoms. The van der Waals surface area contributed by atoms with E-state index in [4.69, 9.17) is 9.15 Å². The van der Waals surface area contributed by atoms with Crippen LogP contribution >= 0.6 is 11.8 Å². The van der Waals surface area contributed by atoms with Gasteiger partial charge in [-0.1, -0.05) is 48.0 Å². The SMILES string of the molecule is Cc1ccc(NC(=O)COc2ccccc2/C=C2\S/C(=N\N=C\c3ccc(F)cc3)N(Cc3ccco3)C2=O)cc1. The summed E-state index contributed by atoms with van der Waals surface area (Å²) in [6.45, 7) is 1.93. The van der Waals surface area contributed by atoms with Crippen LogP contribution in [0.5, 0.6) is 5.75 Å². The van der Waals surface area contributed by atoms with Crippen LogP contribution in [0.1, 0.15) is 22.5 Å². The summed E-state index contributed by atoms with van der Waals surface area (Å²) in [5.74, 6) is 0.0965. The lowest BCUT2D eigenvalue weighted by molar-refractivity contribution is -0.122. The van der Waals surface area contributed by atoms with E-state index in [9.17, 15) is 14.0 Å². The van der Waals surface area contributed by atoms with Gasteiger partial charge < -0.3 is 14.5 Å². The number of amidine groups is 1. The van der Waals surface area contributed by atoms with Gasteiger partial charge >= 0.3 is 0 Å². The fraction of sp³-hybridized carbons (Fsp3) is 0.0968. The molecule has 206 valence electrons. The predicted molar refractivity (Wildman–Crippen MR) is 158 cm³/mol. The van der Waals surface area contributed by atoms with Crippen molar-refractivity contribution in [3.63, 3.8) is 0 Å². The smallest absolute Gasteiger partial charge is 0.267 e. The third-order valence-electron chi connectivity index (χ3n) is 5.90. The number of nitrogens with one attached hydrogen (secondary N) is 1. The number of halogens is 1. The molecule has 4 aromatic rings.